The molecule has 0 saturated carbocycles. The van der Waals surface area contributed by atoms with Crippen molar-refractivity contribution in [2.75, 3.05) is 13.1 Å². The molecule has 16 heavy (non-hydrogen) atoms. The summed E-state index contributed by atoms with van der Waals surface area (Å²) in [6.07, 6.45) is -1.09. The van der Waals surface area contributed by atoms with E-state index in [2.05, 4.69) is 15.2 Å². The van der Waals surface area contributed by atoms with Crippen molar-refractivity contribution in [1.29, 1.82) is 0 Å². The molecule has 1 aliphatic heterocycles. The number of H-pyrrole nitrogens is 1. The lowest BCUT2D eigenvalue weighted by Crippen LogP contribution is -2.30. The zero-order valence-electron chi connectivity index (χ0n) is 8.92. The van der Waals surface area contributed by atoms with E-state index in [-0.39, 0.29) is 24.8 Å². The van der Waals surface area contributed by atoms with Crippen LogP contribution in [-0.4, -0.2) is 61.5 Å². The molecule has 0 aromatic carbocycles. The zero-order valence-corrected chi connectivity index (χ0v) is 8.92. The maximum Gasteiger partial charge on any atom is 0.293 e. The number of amides is 1. The second-order valence-corrected chi connectivity index (χ2v) is 3.80. The molecule has 0 radical (unpaired) electrons. The van der Waals surface area contributed by atoms with Gasteiger partial charge in [-0.2, -0.15) is 0 Å². The number of hydrogen-bond acceptors (Lipinski definition) is 5. The highest BCUT2D eigenvalue weighted by molar-refractivity contribution is 5.90. The van der Waals surface area contributed by atoms with Gasteiger partial charge in [0.25, 0.3) is 5.91 Å². The first-order valence-corrected chi connectivity index (χ1v) is 5.18. The van der Waals surface area contributed by atoms with E-state index in [4.69, 9.17) is 0 Å². The summed E-state index contributed by atoms with van der Waals surface area (Å²) in [5.41, 5.74) is 0. The van der Waals surface area contributed by atoms with Gasteiger partial charge in [-0.05, 0) is 0 Å². The number of aryl methyl sites for hydroxylation is 1. The van der Waals surface area contributed by atoms with Crippen LogP contribution in [-0.2, 0) is 6.42 Å². The third-order valence-electron chi connectivity index (χ3n) is 2.60. The molecule has 1 saturated heterocycles. The molecule has 7 nitrogen and oxygen atoms in total. The highest BCUT2D eigenvalue weighted by Gasteiger charge is 2.34. The predicted octanol–water partition coefficient (Wildman–Crippen LogP) is -1.46. The standard InChI is InChI=1S/C9H14N4O3/c1-2-7-10-8(12-11-7)9(16)13-3-5(14)6(15)4-13/h5-6,14-15H,2-4H2,1H3,(H,10,11,12). The lowest BCUT2D eigenvalue weighted by atomic mass is 10.3. The number of aromatic nitrogens is 3. The number of nitrogens with one attached hydrogen (secondary N) is 1. The van der Waals surface area contributed by atoms with Gasteiger partial charge in [0, 0.05) is 19.5 Å². The van der Waals surface area contributed by atoms with Crippen LogP contribution in [0.25, 0.3) is 0 Å². The summed E-state index contributed by atoms with van der Waals surface area (Å²) in [5.74, 6) is 0.355. The van der Waals surface area contributed by atoms with Gasteiger partial charge in [0.05, 0.1) is 12.2 Å². The Bertz CT molecular complexity index is 382. The van der Waals surface area contributed by atoms with Crippen LogP contribution in [0.5, 0.6) is 0 Å². The SMILES string of the molecule is CCc1nc(C(=O)N2CC(O)C(O)C2)n[nH]1. The number of aromatic amines is 1. The first kappa shape index (κ1) is 11.0. The molecular formula is C9H14N4O3. The van der Waals surface area contributed by atoms with E-state index in [0.29, 0.717) is 12.2 Å². The Balaban J connectivity index is 2.08. The molecule has 1 aliphatic rings. The second-order valence-electron chi connectivity index (χ2n) is 3.80. The molecule has 7 heteroatoms. The summed E-state index contributed by atoms with van der Waals surface area (Å²) in [5, 5.41) is 25.1. The van der Waals surface area contributed by atoms with Crippen LogP contribution in [0.3, 0.4) is 0 Å². The predicted molar refractivity (Wildman–Crippen MR) is 53.7 cm³/mol. The largest absolute Gasteiger partial charge is 0.388 e. The normalized spacial score (nSPS) is 25.1. The molecule has 1 amide bonds. The van der Waals surface area contributed by atoms with E-state index < -0.39 is 12.2 Å². The van der Waals surface area contributed by atoms with Gasteiger partial charge in [-0.1, -0.05) is 6.92 Å². The van der Waals surface area contributed by atoms with Crippen molar-refractivity contribution in [3.63, 3.8) is 0 Å². The number of hydrogen-bond donors (Lipinski definition) is 3. The quantitative estimate of drug-likeness (QED) is 0.572. The second kappa shape index (κ2) is 4.18. The molecule has 0 aliphatic carbocycles. The Morgan fingerprint density at radius 1 is 1.50 bits per heavy atom. The van der Waals surface area contributed by atoms with Crippen LogP contribution in [0.4, 0.5) is 0 Å². The summed E-state index contributed by atoms with van der Waals surface area (Å²) in [4.78, 5) is 17.2. The van der Waals surface area contributed by atoms with Crippen LogP contribution in [0.15, 0.2) is 0 Å². The monoisotopic (exact) mass is 226 g/mol. The fourth-order valence-corrected chi connectivity index (χ4v) is 1.63. The minimum atomic E-state index is -0.881. The summed E-state index contributed by atoms with van der Waals surface area (Å²) in [6.45, 7) is 2.14. The van der Waals surface area contributed by atoms with E-state index in [1.165, 1.54) is 4.90 Å². The molecule has 1 aromatic rings. The number of carbonyl (C=O) groups excluding carboxylic acids is 1. The molecule has 1 aromatic heterocycles. The van der Waals surface area contributed by atoms with Gasteiger partial charge >= 0.3 is 0 Å². The Labute approximate surface area is 92.1 Å². The first-order chi connectivity index (χ1) is 7.61. The molecule has 88 valence electrons. The Kier molecular flexibility index (Phi) is 2.88. The number of carbonyl (C=O) groups is 1. The molecule has 2 unspecified atom stereocenters. The minimum Gasteiger partial charge on any atom is -0.388 e. The number of rotatable bonds is 2. The van der Waals surface area contributed by atoms with E-state index in [1.54, 1.807) is 0 Å². The fourth-order valence-electron chi connectivity index (χ4n) is 1.63. The van der Waals surface area contributed by atoms with Crippen LogP contribution in [0, 0.1) is 0 Å². The van der Waals surface area contributed by atoms with Crippen molar-refractivity contribution in [3.8, 4) is 0 Å². The van der Waals surface area contributed by atoms with Crippen LogP contribution >= 0.6 is 0 Å². The Morgan fingerprint density at radius 3 is 2.62 bits per heavy atom. The summed E-state index contributed by atoms with van der Waals surface area (Å²) >= 11 is 0. The highest BCUT2D eigenvalue weighted by Crippen LogP contribution is 2.12. The Morgan fingerprint density at radius 2 is 2.12 bits per heavy atom. The molecule has 1 fully saturated rings. The zero-order chi connectivity index (χ0) is 11.7. The van der Waals surface area contributed by atoms with Crippen molar-refractivity contribution in [1.82, 2.24) is 20.1 Å². The average molecular weight is 226 g/mol. The number of β-amino-alcohol motifs (C(OH)–C–C–N with tert-alkyl or cyclic N) is 2. The van der Waals surface area contributed by atoms with Gasteiger partial charge < -0.3 is 15.1 Å². The van der Waals surface area contributed by atoms with Gasteiger partial charge in [0.15, 0.2) is 0 Å². The lowest BCUT2D eigenvalue weighted by Gasteiger charge is -2.12. The number of nitrogens with zero attached hydrogens (tertiary/aromatic N) is 3. The maximum absolute atomic E-state index is 11.8. The third kappa shape index (κ3) is 1.91. The van der Waals surface area contributed by atoms with Crippen molar-refractivity contribution < 1.29 is 15.0 Å². The molecule has 0 spiro atoms. The summed E-state index contributed by atoms with van der Waals surface area (Å²) < 4.78 is 0. The van der Waals surface area contributed by atoms with Crippen molar-refractivity contribution in [2.24, 2.45) is 0 Å². The molecule has 3 N–H and O–H groups in total. The summed E-state index contributed by atoms with van der Waals surface area (Å²) in [6, 6.07) is 0. The molecule has 2 heterocycles. The fraction of sp³-hybridized carbons (Fsp3) is 0.667. The summed E-state index contributed by atoms with van der Waals surface area (Å²) in [7, 11) is 0. The molecule has 2 rings (SSSR count). The number of aliphatic hydroxyl groups excluding tert-OH is 2. The van der Waals surface area contributed by atoms with E-state index in [9.17, 15) is 15.0 Å². The highest BCUT2D eigenvalue weighted by atomic mass is 16.3. The third-order valence-corrected chi connectivity index (χ3v) is 2.60. The van der Waals surface area contributed by atoms with Gasteiger partial charge in [-0.3, -0.25) is 9.89 Å². The topological polar surface area (TPSA) is 102 Å². The average Bonchev–Trinajstić information content (AvgIpc) is 2.86. The number of aliphatic hydroxyl groups is 2. The van der Waals surface area contributed by atoms with Crippen LogP contribution in [0.1, 0.15) is 23.4 Å². The Hall–Kier alpha value is -1.47. The van der Waals surface area contributed by atoms with Crippen molar-refractivity contribution in [3.05, 3.63) is 11.6 Å². The van der Waals surface area contributed by atoms with Gasteiger partial charge in [0.2, 0.25) is 5.82 Å². The van der Waals surface area contributed by atoms with Gasteiger partial charge in [-0.25, -0.2) is 4.98 Å². The van der Waals surface area contributed by atoms with Crippen molar-refractivity contribution >= 4 is 5.91 Å². The maximum atomic E-state index is 11.8. The lowest BCUT2D eigenvalue weighted by molar-refractivity contribution is 0.0572. The van der Waals surface area contributed by atoms with Crippen molar-refractivity contribution in [2.45, 2.75) is 25.6 Å². The van der Waals surface area contributed by atoms with E-state index in [1.807, 2.05) is 6.92 Å². The first-order valence-electron chi connectivity index (χ1n) is 5.18. The minimum absolute atomic E-state index is 0.0816. The molecule has 0 bridgehead atoms. The van der Waals surface area contributed by atoms with Crippen LogP contribution < -0.4 is 0 Å². The van der Waals surface area contributed by atoms with Crippen LogP contribution in [0.2, 0.25) is 0 Å². The smallest absolute Gasteiger partial charge is 0.293 e. The van der Waals surface area contributed by atoms with Gasteiger partial charge in [-0.15, -0.1) is 5.10 Å². The van der Waals surface area contributed by atoms with E-state index in [0.717, 1.165) is 0 Å². The molecule has 2 atom stereocenters. The molecular weight excluding hydrogens is 212 g/mol. The van der Waals surface area contributed by atoms with E-state index >= 15 is 0 Å². The number of likely N-dealkylation sites (tertiary alicyclic amines) is 1. The van der Waals surface area contributed by atoms with Gasteiger partial charge in [0.1, 0.15) is 5.82 Å².